The minimum absolute atomic E-state index is 0.0130. The number of hydrogen-bond donors (Lipinski definition) is 0. The van der Waals surface area contributed by atoms with Crippen LogP contribution in [-0.4, -0.2) is 106 Å². The highest BCUT2D eigenvalue weighted by molar-refractivity contribution is 7.88. The van der Waals surface area contributed by atoms with Crippen LogP contribution in [0.25, 0.3) is 0 Å². The van der Waals surface area contributed by atoms with Crippen molar-refractivity contribution in [2.75, 3.05) is 72.0 Å². The molecule has 0 aromatic carbocycles. The molecule has 0 amide bonds. The van der Waals surface area contributed by atoms with E-state index in [2.05, 4.69) is 9.80 Å². The van der Waals surface area contributed by atoms with E-state index >= 15 is 0 Å². The molecule has 7 nitrogen and oxygen atoms in total. The zero-order valence-electron chi connectivity index (χ0n) is 14.5. The van der Waals surface area contributed by atoms with Gasteiger partial charge >= 0.3 is 0 Å². The summed E-state index contributed by atoms with van der Waals surface area (Å²) in [5.41, 5.74) is -0.0130. The zero-order chi connectivity index (χ0) is 16.8. The predicted octanol–water partition coefficient (Wildman–Crippen LogP) is -0.557. The van der Waals surface area contributed by atoms with Crippen molar-refractivity contribution in [2.45, 2.75) is 24.4 Å². The van der Waals surface area contributed by atoms with Gasteiger partial charge in [0.25, 0.3) is 0 Å². The molecule has 24 heavy (non-hydrogen) atoms. The van der Waals surface area contributed by atoms with Crippen LogP contribution in [-0.2, 0) is 19.5 Å². The highest BCUT2D eigenvalue weighted by atomic mass is 32.2. The van der Waals surface area contributed by atoms with Gasteiger partial charge in [0, 0.05) is 58.5 Å². The molecule has 4 rings (SSSR count). The van der Waals surface area contributed by atoms with Crippen molar-refractivity contribution in [3.63, 3.8) is 0 Å². The van der Waals surface area contributed by atoms with Gasteiger partial charge in [-0.3, -0.25) is 9.80 Å². The summed E-state index contributed by atoms with van der Waals surface area (Å²) in [4.78, 5) is 5.05. The maximum atomic E-state index is 12.1. The summed E-state index contributed by atoms with van der Waals surface area (Å²) in [6.45, 7) is 8.39. The van der Waals surface area contributed by atoms with Crippen molar-refractivity contribution in [3.05, 3.63) is 0 Å². The molecule has 4 heterocycles. The van der Waals surface area contributed by atoms with Gasteiger partial charge in [-0.1, -0.05) is 0 Å². The van der Waals surface area contributed by atoms with E-state index in [9.17, 15) is 8.42 Å². The Kier molecular flexibility index (Phi) is 4.64. The molecule has 0 saturated carbocycles. The lowest BCUT2D eigenvalue weighted by Gasteiger charge is -2.63. The third kappa shape index (κ3) is 3.24. The van der Waals surface area contributed by atoms with E-state index in [4.69, 9.17) is 9.47 Å². The number of likely N-dealkylation sites (tertiary alicyclic amines) is 1. The molecule has 4 saturated heterocycles. The second-order valence-corrected chi connectivity index (χ2v) is 9.91. The van der Waals surface area contributed by atoms with Crippen molar-refractivity contribution in [1.29, 1.82) is 0 Å². The lowest BCUT2D eigenvalue weighted by Crippen LogP contribution is -2.81. The third-order valence-corrected chi connectivity index (χ3v) is 7.30. The Labute approximate surface area is 144 Å². The molecule has 0 radical (unpaired) electrons. The summed E-state index contributed by atoms with van der Waals surface area (Å²) in [6.07, 6.45) is 3.64. The normalized spacial score (nSPS) is 33.3. The molecule has 4 aliphatic rings. The highest BCUT2D eigenvalue weighted by Gasteiger charge is 2.55. The fraction of sp³-hybridized carbons (Fsp3) is 1.00. The van der Waals surface area contributed by atoms with Crippen LogP contribution in [0.2, 0.25) is 0 Å². The van der Waals surface area contributed by atoms with E-state index in [0.717, 1.165) is 64.8 Å². The SMILES string of the molecule is CS(=O)(=O)N1CC2COCCN2C2(CN(CC3CCOCC3)C2)C1. The smallest absolute Gasteiger partial charge is 0.211 e. The minimum Gasteiger partial charge on any atom is -0.381 e. The molecule has 0 aromatic rings. The molecule has 0 aromatic heterocycles. The minimum atomic E-state index is -3.15. The second-order valence-electron chi connectivity index (χ2n) is 7.93. The Morgan fingerprint density at radius 3 is 2.54 bits per heavy atom. The molecule has 1 atom stereocenters. The zero-order valence-corrected chi connectivity index (χ0v) is 15.3. The van der Waals surface area contributed by atoms with Crippen LogP contribution in [0.1, 0.15) is 12.8 Å². The number of ether oxygens (including phenoxy) is 2. The largest absolute Gasteiger partial charge is 0.381 e. The quantitative estimate of drug-likeness (QED) is 0.673. The van der Waals surface area contributed by atoms with Gasteiger partial charge in [-0.25, -0.2) is 8.42 Å². The molecular weight excluding hydrogens is 330 g/mol. The number of fused-ring (bicyclic) bond motifs is 2. The lowest BCUT2D eigenvalue weighted by molar-refractivity contribution is -0.156. The first-order chi connectivity index (χ1) is 11.5. The molecule has 0 aliphatic carbocycles. The first kappa shape index (κ1) is 17.2. The van der Waals surface area contributed by atoms with Gasteiger partial charge in [0.2, 0.25) is 10.0 Å². The number of morpholine rings is 1. The summed E-state index contributed by atoms with van der Waals surface area (Å²) in [5, 5.41) is 0. The monoisotopic (exact) mass is 359 g/mol. The van der Waals surface area contributed by atoms with Crippen molar-refractivity contribution in [2.24, 2.45) is 5.92 Å². The fourth-order valence-corrected chi connectivity index (χ4v) is 5.81. The Morgan fingerprint density at radius 2 is 1.83 bits per heavy atom. The Balaban J connectivity index is 1.44. The van der Waals surface area contributed by atoms with Crippen molar-refractivity contribution >= 4 is 10.0 Å². The van der Waals surface area contributed by atoms with Gasteiger partial charge in [0.05, 0.1) is 25.0 Å². The summed E-state index contributed by atoms with van der Waals surface area (Å²) in [5.74, 6) is 0.728. The van der Waals surface area contributed by atoms with E-state index in [-0.39, 0.29) is 11.6 Å². The van der Waals surface area contributed by atoms with Gasteiger partial charge < -0.3 is 9.47 Å². The Morgan fingerprint density at radius 1 is 1.08 bits per heavy atom. The Hall–Kier alpha value is -0.250. The standard InChI is InChI=1S/C16H29N3O4S/c1-24(20,21)18-9-15-10-23-7-4-19(15)16(13-18)11-17(12-16)8-14-2-5-22-6-3-14/h14-15H,2-13H2,1H3. The molecule has 8 heteroatoms. The van der Waals surface area contributed by atoms with Crippen LogP contribution in [0.3, 0.4) is 0 Å². The van der Waals surface area contributed by atoms with E-state index in [1.54, 1.807) is 4.31 Å². The van der Waals surface area contributed by atoms with E-state index in [1.807, 2.05) is 0 Å². The molecule has 138 valence electrons. The molecule has 0 bridgehead atoms. The van der Waals surface area contributed by atoms with Crippen LogP contribution >= 0.6 is 0 Å². The first-order valence-electron chi connectivity index (χ1n) is 9.06. The Bertz CT molecular complexity index is 558. The van der Waals surface area contributed by atoms with E-state index in [1.165, 1.54) is 6.26 Å². The van der Waals surface area contributed by atoms with Crippen LogP contribution in [0.15, 0.2) is 0 Å². The van der Waals surface area contributed by atoms with Gasteiger partial charge in [-0.05, 0) is 18.8 Å². The molecule has 1 spiro atoms. The van der Waals surface area contributed by atoms with Crippen LogP contribution in [0.4, 0.5) is 0 Å². The maximum absolute atomic E-state index is 12.1. The van der Waals surface area contributed by atoms with Crippen molar-refractivity contribution in [1.82, 2.24) is 14.1 Å². The number of hydrogen-bond acceptors (Lipinski definition) is 6. The molecule has 0 N–H and O–H groups in total. The number of nitrogens with zero attached hydrogens (tertiary/aromatic N) is 3. The maximum Gasteiger partial charge on any atom is 0.211 e. The topological polar surface area (TPSA) is 62.3 Å². The second kappa shape index (κ2) is 6.48. The average molecular weight is 359 g/mol. The summed E-state index contributed by atoms with van der Waals surface area (Å²) >= 11 is 0. The molecule has 4 fully saturated rings. The summed E-state index contributed by atoms with van der Waals surface area (Å²) < 4.78 is 37.0. The van der Waals surface area contributed by atoms with Gasteiger partial charge in [-0.15, -0.1) is 0 Å². The van der Waals surface area contributed by atoms with Gasteiger partial charge in [0.15, 0.2) is 0 Å². The van der Waals surface area contributed by atoms with Crippen LogP contribution < -0.4 is 0 Å². The average Bonchev–Trinajstić information content (AvgIpc) is 2.53. The highest BCUT2D eigenvalue weighted by Crippen LogP contribution is 2.37. The van der Waals surface area contributed by atoms with Crippen LogP contribution in [0, 0.1) is 5.92 Å². The van der Waals surface area contributed by atoms with E-state index in [0.29, 0.717) is 19.7 Å². The first-order valence-corrected chi connectivity index (χ1v) is 10.9. The van der Waals surface area contributed by atoms with E-state index < -0.39 is 10.0 Å². The third-order valence-electron chi connectivity index (χ3n) is 6.08. The molecule has 4 aliphatic heterocycles. The van der Waals surface area contributed by atoms with Crippen LogP contribution in [0.5, 0.6) is 0 Å². The predicted molar refractivity (Wildman–Crippen MR) is 90.4 cm³/mol. The molecular formula is C16H29N3O4S. The number of sulfonamides is 1. The van der Waals surface area contributed by atoms with Crippen molar-refractivity contribution in [3.8, 4) is 0 Å². The summed E-state index contributed by atoms with van der Waals surface area (Å²) in [7, 11) is -3.15. The summed E-state index contributed by atoms with van der Waals surface area (Å²) in [6, 6.07) is 0.201. The number of rotatable bonds is 3. The lowest BCUT2D eigenvalue weighted by atomic mass is 9.82. The van der Waals surface area contributed by atoms with Gasteiger partial charge in [0.1, 0.15) is 0 Å². The fourth-order valence-electron chi connectivity index (χ4n) is 4.89. The van der Waals surface area contributed by atoms with Crippen molar-refractivity contribution < 1.29 is 17.9 Å². The van der Waals surface area contributed by atoms with Gasteiger partial charge in [-0.2, -0.15) is 4.31 Å². The number of piperazine rings is 1. The molecule has 1 unspecified atom stereocenters.